The van der Waals surface area contributed by atoms with Crippen molar-refractivity contribution in [1.82, 2.24) is 9.69 Å². The first kappa shape index (κ1) is 25.6. The van der Waals surface area contributed by atoms with Crippen LogP contribution in [0.25, 0.3) is 32.1 Å². The summed E-state index contributed by atoms with van der Waals surface area (Å²) in [6.45, 7) is 1.84. The van der Waals surface area contributed by atoms with Gasteiger partial charge in [-0.2, -0.15) is 4.37 Å². The number of carboxylic acids is 1. The number of thiophene rings is 1. The minimum absolute atomic E-state index is 0.148. The predicted octanol–water partition coefficient (Wildman–Crippen LogP) is 7.60. The number of nitrogens with one attached hydrogen (secondary N) is 1. The first-order valence-electron chi connectivity index (χ1n) is 12.5. The fourth-order valence-electron chi connectivity index (χ4n) is 4.78. The van der Waals surface area contributed by atoms with E-state index in [-0.39, 0.29) is 17.3 Å². The van der Waals surface area contributed by atoms with Gasteiger partial charge in [0.25, 0.3) is 5.91 Å². The Kier molecular flexibility index (Phi) is 6.71. The molecule has 2 aromatic heterocycles. The summed E-state index contributed by atoms with van der Waals surface area (Å²) in [5.41, 5.74) is 3.92. The molecule has 4 aromatic carbocycles. The quantitative estimate of drug-likeness (QED) is 0.195. The van der Waals surface area contributed by atoms with Gasteiger partial charge in [0.1, 0.15) is 0 Å². The molecular weight excluding hydrogens is 540 g/mol. The fourth-order valence-corrected chi connectivity index (χ4v) is 6.31. The van der Waals surface area contributed by atoms with E-state index in [1.165, 1.54) is 35.0 Å². The van der Waals surface area contributed by atoms with E-state index in [0.717, 1.165) is 32.3 Å². The van der Waals surface area contributed by atoms with Crippen molar-refractivity contribution in [2.24, 2.45) is 0 Å². The summed E-state index contributed by atoms with van der Waals surface area (Å²) < 4.78 is 5.26. The summed E-state index contributed by atoms with van der Waals surface area (Å²) in [4.78, 5) is 38.8. The number of carbonyl (C=O) groups is 3. The number of hydrogen-bond acceptors (Lipinski definition) is 6. The van der Waals surface area contributed by atoms with E-state index >= 15 is 0 Å². The van der Waals surface area contributed by atoms with E-state index in [9.17, 15) is 19.5 Å². The standard InChI is InChI=1S/C32H22N2O4S2/c1-18(19-6-9-21(10-7-19)32(37)38)33-31(36)25-15-24(27-12-13-40-34-27)16-28-29(25)26(17-39-28)30(35)23-11-8-20-4-2-3-5-22(20)14-23/h2-18H,1H3,(H,33,36)(H,37,38)/t18-/m0/s1. The lowest BCUT2D eigenvalue weighted by Crippen LogP contribution is -2.27. The molecule has 0 unspecified atom stereocenters. The molecule has 0 bridgehead atoms. The molecule has 1 amide bonds. The van der Waals surface area contributed by atoms with E-state index in [0.29, 0.717) is 22.1 Å². The molecule has 0 fully saturated rings. The van der Waals surface area contributed by atoms with Crippen LogP contribution in [0.1, 0.15) is 55.2 Å². The summed E-state index contributed by atoms with van der Waals surface area (Å²) in [5, 5.41) is 18.6. The number of aromatic carboxylic acids is 1. The van der Waals surface area contributed by atoms with E-state index in [1.807, 2.05) is 72.3 Å². The Bertz CT molecular complexity index is 1910. The van der Waals surface area contributed by atoms with Gasteiger partial charge in [-0.1, -0.05) is 48.5 Å². The van der Waals surface area contributed by atoms with Crippen molar-refractivity contribution in [3.63, 3.8) is 0 Å². The third-order valence-corrected chi connectivity index (χ3v) is 8.40. The summed E-state index contributed by atoms with van der Waals surface area (Å²) in [7, 11) is 0. The number of amides is 1. The summed E-state index contributed by atoms with van der Waals surface area (Å²) in [6, 6.07) is 25.2. The fraction of sp³-hybridized carbons (Fsp3) is 0.0625. The van der Waals surface area contributed by atoms with Crippen LogP contribution in [0, 0.1) is 0 Å². The van der Waals surface area contributed by atoms with Crippen LogP contribution >= 0.6 is 22.9 Å². The lowest BCUT2D eigenvalue weighted by Gasteiger charge is -2.16. The molecule has 6 rings (SSSR count). The van der Waals surface area contributed by atoms with Gasteiger partial charge < -0.3 is 10.4 Å². The number of benzene rings is 4. The first-order chi connectivity index (χ1) is 19.4. The number of carboxylic acid groups (broad SMARTS) is 1. The minimum Gasteiger partial charge on any atom is -0.478 e. The lowest BCUT2D eigenvalue weighted by molar-refractivity contribution is 0.0696. The number of fused-ring (bicyclic) bond motifs is 2. The average molecular weight is 563 g/mol. The highest BCUT2D eigenvalue weighted by atomic mass is 32.1. The zero-order valence-electron chi connectivity index (χ0n) is 21.3. The second-order valence-corrected chi connectivity index (χ2v) is 11.0. The van der Waals surface area contributed by atoms with Crippen LogP contribution in [0.2, 0.25) is 0 Å². The molecule has 0 saturated carbocycles. The monoisotopic (exact) mass is 562 g/mol. The molecule has 0 aliphatic carbocycles. The van der Waals surface area contributed by atoms with Crippen molar-refractivity contribution in [3.8, 4) is 11.3 Å². The highest BCUT2D eigenvalue weighted by Crippen LogP contribution is 2.36. The molecule has 196 valence electrons. The molecule has 2 heterocycles. The van der Waals surface area contributed by atoms with Gasteiger partial charge in [0.2, 0.25) is 0 Å². The Morgan fingerprint density at radius 1 is 0.850 bits per heavy atom. The van der Waals surface area contributed by atoms with E-state index in [2.05, 4.69) is 9.69 Å². The summed E-state index contributed by atoms with van der Waals surface area (Å²) >= 11 is 2.75. The minimum atomic E-state index is -1.01. The van der Waals surface area contributed by atoms with Crippen LogP contribution in [0.5, 0.6) is 0 Å². The third kappa shape index (κ3) is 4.79. The molecular formula is C32H22N2O4S2. The number of nitrogens with zero attached hydrogens (tertiary/aromatic N) is 1. The SMILES string of the molecule is C[C@H](NC(=O)c1cc(-c2ccsn2)cc2scc(C(=O)c3ccc4ccccc4c3)c12)c1ccc(C(=O)O)cc1. The molecule has 6 aromatic rings. The Morgan fingerprint density at radius 3 is 2.33 bits per heavy atom. The molecule has 6 nitrogen and oxygen atoms in total. The van der Waals surface area contributed by atoms with Gasteiger partial charge in [-0.3, -0.25) is 9.59 Å². The molecule has 0 radical (unpaired) electrons. The Morgan fingerprint density at radius 2 is 1.60 bits per heavy atom. The lowest BCUT2D eigenvalue weighted by atomic mass is 9.95. The van der Waals surface area contributed by atoms with Gasteiger partial charge >= 0.3 is 5.97 Å². The maximum atomic E-state index is 13.8. The van der Waals surface area contributed by atoms with Crippen LogP contribution < -0.4 is 5.32 Å². The highest BCUT2D eigenvalue weighted by Gasteiger charge is 2.23. The number of aromatic nitrogens is 1. The Labute approximate surface area is 237 Å². The van der Waals surface area contributed by atoms with Crippen molar-refractivity contribution in [2.45, 2.75) is 13.0 Å². The zero-order valence-corrected chi connectivity index (χ0v) is 22.9. The van der Waals surface area contributed by atoms with E-state index in [4.69, 9.17) is 0 Å². The van der Waals surface area contributed by atoms with Crippen LogP contribution in [0.3, 0.4) is 0 Å². The predicted molar refractivity (Wildman–Crippen MR) is 160 cm³/mol. The zero-order chi connectivity index (χ0) is 27.8. The summed E-state index contributed by atoms with van der Waals surface area (Å²) in [6.07, 6.45) is 0. The van der Waals surface area contributed by atoms with Crippen molar-refractivity contribution in [2.75, 3.05) is 0 Å². The van der Waals surface area contributed by atoms with Crippen LogP contribution in [0.15, 0.2) is 95.7 Å². The van der Waals surface area contributed by atoms with Gasteiger partial charge in [0.05, 0.1) is 17.3 Å². The first-order valence-corrected chi connectivity index (χ1v) is 14.2. The Balaban J connectivity index is 1.41. The molecule has 40 heavy (non-hydrogen) atoms. The number of rotatable bonds is 7. The van der Waals surface area contributed by atoms with Gasteiger partial charge in [-0.25, -0.2) is 4.79 Å². The molecule has 2 N–H and O–H groups in total. The van der Waals surface area contributed by atoms with E-state index in [1.54, 1.807) is 18.2 Å². The molecule has 0 spiro atoms. The maximum absolute atomic E-state index is 13.8. The van der Waals surface area contributed by atoms with Crippen molar-refractivity contribution in [3.05, 3.63) is 124 Å². The smallest absolute Gasteiger partial charge is 0.335 e. The van der Waals surface area contributed by atoms with Gasteiger partial charge in [0.15, 0.2) is 5.78 Å². The molecule has 0 aliphatic rings. The number of ketones is 1. The second-order valence-electron chi connectivity index (χ2n) is 9.44. The van der Waals surface area contributed by atoms with Crippen LogP contribution in [-0.4, -0.2) is 27.1 Å². The van der Waals surface area contributed by atoms with Crippen molar-refractivity contribution < 1.29 is 19.5 Å². The van der Waals surface area contributed by atoms with Gasteiger partial charge in [-0.15, -0.1) is 11.3 Å². The topological polar surface area (TPSA) is 96.4 Å². The van der Waals surface area contributed by atoms with Crippen LogP contribution in [0.4, 0.5) is 0 Å². The average Bonchev–Trinajstić information content (AvgIpc) is 3.67. The Hall–Kier alpha value is -4.66. The highest BCUT2D eigenvalue weighted by molar-refractivity contribution is 7.17. The normalized spacial score (nSPS) is 11.9. The molecule has 1 atom stereocenters. The second kappa shape index (κ2) is 10.5. The molecule has 8 heteroatoms. The molecule has 0 saturated heterocycles. The van der Waals surface area contributed by atoms with Gasteiger partial charge in [0, 0.05) is 43.1 Å². The summed E-state index contributed by atoms with van der Waals surface area (Å²) in [5.74, 6) is -1.49. The van der Waals surface area contributed by atoms with Crippen LogP contribution in [-0.2, 0) is 0 Å². The third-order valence-electron chi connectivity index (χ3n) is 6.91. The number of carbonyl (C=O) groups excluding carboxylic acids is 2. The molecule has 0 aliphatic heterocycles. The van der Waals surface area contributed by atoms with Crippen molar-refractivity contribution >= 4 is 61.4 Å². The number of hydrogen-bond donors (Lipinski definition) is 2. The largest absolute Gasteiger partial charge is 0.478 e. The van der Waals surface area contributed by atoms with Crippen molar-refractivity contribution in [1.29, 1.82) is 0 Å². The van der Waals surface area contributed by atoms with E-state index < -0.39 is 12.0 Å². The van der Waals surface area contributed by atoms with Gasteiger partial charge in [-0.05, 0) is 71.2 Å². The maximum Gasteiger partial charge on any atom is 0.335 e.